The van der Waals surface area contributed by atoms with Crippen molar-refractivity contribution in [2.45, 2.75) is 44.6 Å². The summed E-state index contributed by atoms with van der Waals surface area (Å²) in [6.07, 6.45) is 3.35. The maximum atomic E-state index is 13.7. The van der Waals surface area contributed by atoms with Crippen molar-refractivity contribution in [1.29, 1.82) is 0 Å². The van der Waals surface area contributed by atoms with E-state index in [1.165, 1.54) is 19.1 Å². The predicted molar refractivity (Wildman–Crippen MR) is 146 cm³/mol. The Labute approximate surface area is 231 Å². The molecule has 2 amide bonds. The number of likely N-dealkylation sites (tertiary alicyclic amines) is 1. The third kappa shape index (κ3) is 6.34. The summed E-state index contributed by atoms with van der Waals surface area (Å²) >= 11 is 0. The van der Waals surface area contributed by atoms with Crippen LogP contribution in [0.1, 0.15) is 46.8 Å². The predicted octanol–water partition coefficient (Wildman–Crippen LogP) is 6.42. The van der Waals surface area contributed by atoms with Crippen molar-refractivity contribution in [2.24, 2.45) is 0 Å². The van der Waals surface area contributed by atoms with Gasteiger partial charge in [0, 0.05) is 50.0 Å². The van der Waals surface area contributed by atoms with Gasteiger partial charge in [0.25, 0.3) is 0 Å². The van der Waals surface area contributed by atoms with Gasteiger partial charge in [-0.25, -0.2) is 9.78 Å². The fourth-order valence-corrected chi connectivity index (χ4v) is 5.35. The lowest BCUT2D eigenvalue weighted by atomic mass is 9.94. The molecule has 7 nitrogen and oxygen atoms in total. The molecule has 208 valence electrons. The van der Waals surface area contributed by atoms with Crippen LogP contribution < -0.4 is 5.32 Å². The van der Waals surface area contributed by atoms with Crippen molar-refractivity contribution in [1.82, 2.24) is 24.8 Å². The Morgan fingerprint density at radius 1 is 1.07 bits per heavy atom. The van der Waals surface area contributed by atoms with Gasteiger partial charge in [0.05, 0.1) is 23.6 Å². The monoisotopic (exact) mass is 548 g/mol. The smallest absolute Gasteiger partial charge is 0.347 e. The number of rotatable bonds is 7. The van der Waals surface area contributed by atoms with Crippen LogP contribution in [0.3, 0.4) is 0 Å². The number of aromatic nitrogens is 3. The molecule has 1 fully saturated rings. The van der Waals surface area contributed by atoms with Crippen molar-refractivity contribution in [3.63, 3.8) is 0 Å². The largest absolute Gasteiger partial charge is 0.416 e. The minimum absolute atomic E-state index is 0.0514. The second-order valence-corrected chi connectivity index (χ2v) is 10.0. The SMILES string of the molecule is Cc1ccc(C(c2cnc[nH]2)N2CCC(N(Cc3ccccc3)C(=O)Nc3ccncc3)CC2)cc1C(F)(F)F. The molecule has 1 unspecified atom stereocenters. The summed E-state index contributed by atoms with van der Waals surface area (Å²) in [6.45, 7) is 3.11. The number of nitrogens with zero attached hydrogens (tertiary/aromatic N) is 4. The first-order valence-electron chi connectivity index (χ1n) is 13.2. The average Bonchev–Trinajstić information content (AvgIpc) is 3.48. The molecular weight excluding hydrogens is 517 g/mol. The molecular formula is C30H31F3N6O. The van der Waals surface area contributed by atoms with E-state index in [9.17, 15) is 18.0 Å². The number of pyridine rings is 1. The number of anilines is 1. The maximum absolute atomic E-state index is 13.7. The maximum Gasteiger partial charge on any atom is 0.416 e. The third-order valence-electron chi connectivity index (χ3n) is 7.39. The summed E-state index contributed by atoms with van der Waals surface area (Å²) in [5, 5.41) is 2.98. The van der Waals surface area contributed by atoms with Gasteiger partial charge in [-0.1, -0.05) is 42.5 Å². The zero-order chi connectivity index (χ0) is 28.1. The molecule has 0 bridgehead atoms. The number of halogens is 3. The molecule has 1 aliphatic heterocycles. The van der Waals surface area contributed by atoms with E-state index in [1.54, 1.807) is 43.1 Å². The summed E-state index contributed by atoms with van der Waals surface area (Å²) in [4.78, 5) is 28.7. The van der Waals surface area contributed by atoms with Crippen molar-refractivity contribution in [2.75, 3.05) is 18.4 Å². The van der Waals surface area contributed by atoms with Gasteiger partial charge in [-0.2, -0.15) is 13.2 Å². The molecule has 3 heterocycles. The number of hydrogen-bond donors (Lipinski definition) is 2. The van der Waals surface area contributed by atoms with Crippen LogP contribution in [0, 0.1) is 6.92 Å². The topological polar surface area (TPSA) is 77.2 Å². The summed E-state index contributed by atoms with van der Waals surface area (Å²) in [6, 6.07) is 17.2. The summed E-state index contributed by atoms with van der Waals surface area (Å²) < 4.78 is 41.2. The van der Waals surface area contributed by atoms with Crippen LogP contribution in [0.4, 0.5) is 23.7 Å². The first-order valence-corrected chi connectivity index (χ1v) is 13.2. The van der Waals surface area contributed by atoms with Crippen molar-refractivity contribution in [3.8, 4) is 0 Å². The Hall–Kier alpha value is -4.18. The van der Waals surface area contributed by atoms with Gasteiger partial charge in [-0.15, -0.1) is 0 Å². The Morgan fingerprint density at radius 3 is 2.45 bits per heavy atom. The molecule has 0 saturated carbocycles. The lowest BCUT2D eigenvalue weighted by Gasteiger charge is -2.41. The van der Waals surface area contributed by atoms with Crippen LogP contribution in [-0.4, -0.2) is 49.9 Å². The molecule has 0 spiro atoms. The highest BCUT2D eigenvalue weighted by atomic mass is 19.4. The van der Waals surface area contributed by atoms with E-state index in [4.69, 9.17) is 0 Å². The Balaban J connectivity index is 1.37. The normalized spacial score (nSPS) is 15.5. The third-order valence-corrected chi connectivity index (χ3v) is 7.39. The van der Waals surface area contributed by atoms with Crippen LogP contribution in [0.5, 0.6) is 0 Å². The quantitative estimate of drug-likeness (QED) is 0.279. The molecule has 2 aromatic carbocycles. The molecule has 10 heteroatoms. The Bertz CT molecular complexity index is 1390. The number of aryl methyl sites for hydroxylation is 1. The van der Waals surface area contributed by atoms with E-state index in [1.807, 2.05) is 35.2 Å². The van der Waals surface area contributed by atoms with E-state index in [0.29, 0.717) is 43.7 Å². The molecule has 2 N–H and O–H groups in total. The number of amides is 2. The fraction of sp³-hybridized carbons (Fsp3) is 0.300. The minimum atomic E-state index is -4.44. The molecule has 5 rings (SSSR count). The highest BCUT2D eigenvalue weighted by molar-refractivity contribution is 5.89. The number of hydrogen-bond acceptors (Lipinski definition) is 4. The second-order valence-electron chi connectivity index (χ2n) is 10.0. The van der Waals surface area contributed by atoms with Gasteiger partial charge in [0.1, 0.15) is 0 Å². The van der Waals surface area contributed by atoms with Crippen molar-refractivity contribution in [3.05, 3.63) is 114 Å². The number of piperidine rings is 1. The van der Waals surface area contributed by atoms with Crippen LogP contribution in [-0.2, 0) is 12.7 Å². The number of urea groups is 1. The summed E-state index contributed by atoms with van der Waals surface area (Å²) in [7, 11) is 0. The number of carbonyl (C=O) groups excluding carboxylic acids is 1. The van der Waals surface area contributed by atoms with Gasteiger partial charge >= 0.3 is 12.2 Å². The molecule has 1 saturated heterocycles. The lowest BCUT2D eigenvalue weighted by molar-refractivity contribution is -0.138. The molecule has 1 atom stereocenters. The summed E-state index contributed by atoms with van der Waals surface area (Å²) in [5.41, 5.74) is 2.52. The number of H-pyrrole nitrogens is 1. The van der Waals surface area contributed by atoms with Gasteiger partial charge in [0.2, 0.25) is 0 Å². The van der Waals surface area contributed by atoms with Crippen LogP contribution in [0.25, 0.3) is 0 Å². The molecule has 0 radical (unpaired) electrons. The molecule has 2 aromatic heterocycles. The van der Waals surface area contributed by atoms with Crippen molar-refractivity contribution < 1.29 is 18.0 Å². The number of benzene rings is 2. The van der Waals surface area contributed by atoms with E-state index >= 15 is 0 Å². The zero-order valence-corrected chi connectivity index (χ0v) is 22.1. The number of carbonyl (C=O) groups is 1. The van der Waals surface area contributed by atoms with E-state index in [-0.39, 0.29) is 17.6 Å². The number of aromatic amines is 1. The number of alkyl halides is 3. The fourth-order valence-electron chi connectivity index (χ4n) is 5.35. The first kappa shape index (κ1) is 27.4. The standard InChI is InChI=1S/C30H31F3N6O/c1-21-7-8-23(17-26(21)30(31,32)33)28(27-18-35-20-36-27)38-15-11-25(12-16-38)39(19-22-5-3-2-4-6-22)29(40)37-24-9-13-34-14-10-24/h2-10,13-14,17-18,20,25,28H,11-12,15-16,19H2,1H3,(H,35,36)(H,34,37,40). The average molecular weight is 549 g/mol. The van der Waals surface area contributed by atoms with Gasteiger partial charge in [-0.05, 0) is 54.7 Å². The van der Waals surface area contributed by atoms with Gasteiger partial charge in [-0.3, -0.25) is 9.88 Å². The molecule has 40 heavy (non-hydrogen) atoms. The van der Waals surface area contributed by atoms with E-state index < -0.39 is 17.8 Å². The Morgan fingerprint density at radius 2 is 1.80 bits per heavy atom. The van der Waals surface area contributed by atoms with Crippen LogP contribution in [0.2, 0.25) is 0 Å². The number of imidazole rings is 1. The summed E-state index contributed by atoms with van der Waals surface area (Å²) in [5.74, 6) is 0. The molecule has 1 aliphatic rings. The van der Waals surface area contributed by atoms with Gasteiger partial charge < -0.3 is 15.2 Å². The second kappa shape index (κ2) is 11.9. The van der Waals surface area contributed by atoms with E-state index in [2.05, 4.69) is 25.2 Å². The molecule has 0 aliphatic carbocycles. The Kier molecular flexibility index (Phi) is 8.16. The highest BCUT2D eigenvalue weighted by Gasteiger charge is 2.36. The van der Waals surface area contributed by atoms with Crippen LogP contribution in [0.15, 0.2) is 85.6 Å². The number of nitrogens with one attached hydrogen (secondary N) is 2. The first-order chi connectivity index (χ1) is 19.3. The zero-order valence-electron chi connectivity index (χ0n) is 22.1. The van der Waals surface area contributed by atoms with Gasteiger partial charge in [0.15, 0.2) is 0 Å². The lowest BCUT2D eigenvalue weighted by Crippen LogP contribution is -2.49. The van der Waals surface area contributed by atoms with Crippen LogP contribution >= 0.6 is 0 Å². The van der Waals surface area contributed by atoms with E-state index in [0.717, 1.165) is 11.3 Å². The highest BCUT2D eigenvalue weighted by Crippen LogP contribution is 2.37. The minimum Gasteiger partial charge on any atom is -0.347 e. The molecule has 4 aromatic rings. The van der Waals surface area contributed by atoms with Crippen molar-refractivity contribution >= 4 is 11.7 Å².